The quantitative estimate of drug-likeness (QED) is 0.749. The maximum atomic E-state index is 12.5. The molecular weight excluding hydrogens is 440 g/mol. The first-order chi connectivity index (χ1) is 9.70. The molecule has 0 aliphatic carbocycles. The van der Waals surface area contributed by atoms with E-state index in [-0.39, 0.29) is 10.9 Å². The standard InChI is InChI=1S/C13H14Br2N2O2S2/c1-7-4-11(15)12(5-10(7)14)21(18,19)17-9(3)13-16-8(2)6-20-13/h4-6,9,17H,1-3H3. The van der Waals surface area contributed by atoms with Gasteiger partial charge in [-0.1, -0.05) is 15.9 Å². The fourth-order valence-electron chi connectivity index (χ4n) is 1.75. The number of thiazole rings is 1. The van der Waals surface area contributed by atoms with Crippen LogP contribution < -0.4 is 4.72 Å². The Labute approximate surface area is 145 Å². The Kier molecular flexibility index (Phi) is 5.25. The van der Waals surface area contributed by atoms with Crippen LogP contribution in [0.15, 0.2) is 31.4 Å². The van der Waals surface area contributed by atoms with Gasteiger partial charge >= 0.3 is 0 Å². The third-order valence-corrected chi connectivity index (χ3v) is 7.34. The maximum absolute atomic E-state index is 12.5. The summed E-state index contributed by atoms with van der Waals surface area (Å²) in [5.74, 6) is 0. The molecule has 0 saturated heterocycles. The second-order valence-corrected chi connectivity index (χ2v) is 8.98. The normalized spacial score (nSPS) is 13.4. The monoisotopic (exact) mass is 452 g/mol. The number of nitrogens with zero attached hydrogens (tertiary/aromatic N) is 1. The molecule has 0 spiro atoms. The lowest BCUT2D eigenvalue weighted by Crippen LogP contribution is -2.27. The Morgan fingerprint density at radius 2 is 1.90 bits per heavy atom. The third-order valence-electron chi connectivity index (χ3n) is 2.84. The van der Waals surface area contributed by atoms with E-state index in [0.29, 0.717) is 4.47 Å². The van der Waals surface area contributed by atoms with Crippen LogP contribution in [0, 0.1) is 13.8 Å². The van der Waals surface area contributed by atoms with Gasteiger partial charge in [0.15, 0.2) is 0 Å². The lowest BCUT2D eigenvalue weighted by atomic mass is 10.2. The van der Waals surface area contributed by atoms with Gasteiger partial charge < -0.3 is 0 Å². The van der Waals surface area contributed by atoms with Gasteiger partial charge in [-0.05, 0) is 54.4 Å². The Morgan fingerprint density at radius 1 is 1.24 bits per heavy atom. The van der Waals surface area contributed by atoms with E-state index in [2.05, 4.69) is 41.6 Å². The van der Waals surface area contributed by atoms with Gasteiger partial charge in [0, 0.05) is 20.0 Å². The molecule has 0 radical (unpaired) electrons. The molecule has 1 aromatic heterocycles. The van der Waals surface area contributed by atoms with Crippen LogP contribution in [0.3, 0.4) is 0 Å². The summed E-state index contributed by atoms with van der Waals surface area (Å²) in [4.78, 5) is 4.52. The predicted octanol–water partition coefficient (Wildman–Crippen LogP) is 4.32. The van der Waals surface area contributed by atoms with E-state index < -0.39 is 10.0 Å². The van der Waals surface area contributed by atoms with Crippen molar-refractivity contribution in [2.75, 3.05) is 0 Å². The molecule has 0 amide bonds. The average Bonchev–Trinajstić information content (AvgIpc) is 2.80. The van der Waals surface area contributed by atoms with Crippen molar-refractivity contribution in [2.24, 2.45) is 0 Å². The summed E-state index contributed by atoms with van der Waals surface area (Å²) in [6.45, 7) is 5.57. The van der Waals surface area contributed by atoms with Crippen molar-refractivity contribution in [3.63, 3.8) is 0 Å². The van der Waals surface area contributed by atoms with Crippen LogP contribution >= 0.6 is 43.2 Å². The number of aromatic nitrogens is 1. The lowest BCUT2D eigenvalue weighted by molar-refractivity contribution is 0.565. The Bertz CT molecular complexity index is 772. The highest BCUT2D eigenvalue weighted by Crippen LogP contribution is 2.30. The highest BCUT2D eigenvalue weighted by molar-refractivity contribution is 9.11. The topological polar surface area (TPSA) is 59.1 Å². The Balaban J connectivity index is 2.32. The molecule has 0 fully saturated rings. The van der Waals surface area contributed by atoms with Gasteiger partial charge in [-0.2, -0.15) is 0 Å². The second-order valence-electron chi connectivity index (χ2n) is 4.70. The van der Waals surface area contributed by atoms with Gasteiger partial charge in [0.25, 0.3) is 0 Å². The first-order valence-corrected chi connectivity index (χ1v) is 10.1. The highest BCUT2D eigenvalue weighted by atomic mass is 79.9. The SMILES string of the molecule is Cc1csc(C(C)NS(=O)(=O)c2cc(Br)c(C)cc2Br)n1. The molecule has 21 heavy (non-hydrogen) atoms. The first kappa shape index (κ1) is 17.1. The van der Waals surface area contributed by atoms with E-state index in [1.54, 1.807) is 19.1 Å². The van der Waals surface area contributed by atoms with Crippen LogP contribution in [0.1, 0.15) is 29.2 Å². The van der Waals surface area contributed by atoms with Crippen LogP contribution in [-0.2, 0) is 10.0 Å². The predicted molar refractivity (Wildman–Crippen MR) is 92.2 cm³/mol. The number of hydrogen-bond donors (Lipinski definition) is 1. The van der Waals surface area contributed by atoms with Gasteiger partial charge in [-0.15, -0.1) is 11.3 Å². The molecule has 0 saturated carbocycles. The average molecular weight is 454 g/mol. The molecule has 0 aliphatic rings. The summed E-state index contributed by atoms with van der Waals surface area (Å²) in [7, 11) is -3.63. The zero-order chi connectivity index (χ0) is 15.8. The minimum Gasteiger partial charge on any atom is -0.245 e. The van der Waals surface area contributed by atoms with Crippen molar-refractivity contribution in [1.29, 1.82) is 0 Å². The molecule has 1 N–H and O–H groups in total. The highest BCUT2D eigenvalue weighted by Gasteiger charge is 2.23. The van der Waals surface area contributed by atoms with Crippen molar-refractivity contribution in [3.8, 4) is 0 Å². The molecule has 0 bridgehead atoms. The van der Waals surface area contributed by atoms with Crippen LogP contribution in [-0.4, -0.2) is 13.4 Å². The fraction of sp³-hybridized carbons (Fsp3) is 0.308. The molecule has 2 aromatic rings. The number of nitrogens with one attached hydrogen (secondary N) is 1. The fourth-order valence-corrected chi connectivity index (χ4v) is 5.51. The summed E-state index contributed by atoms with van der Waals surface area (Å²) in [6, 6.07) is 3.00. The summed E-state index contributed by atoms with van der Waals surface area (Å²) in [6.07, 6.45) is 0. The summed E-state index contributed by atoms with van der Waals surface area (Å²) < 4.78 is 29.0. The number of rotatable bonds is 4. The van der Waals surface area contributed by atoms with Crippen molar-refractivity contribution >= 4 is 53.2 Å². The van der Waals surface area contributed by atoms with Gasteiger partial charge in [-0.3, -0.25) is 0 Å². The molecular formula is C13H14Br2N2O2S2. The Morgan fingerprint density at radius 3 is 2.48 bits per heavy atom. The van der Waals surface area contributed by atoms with Crippen molar-refractivity contribution < 1.29 is 8.42 Å². The van der Waals surface area contributed by atoms with Gasteiger partial charge in [0.05, 0.1) is 10.9 Å². The van der Waals surface area contributed by atoms with E-state index in [4.69, 9.17) is 0 Å². The minimum absolute atomic E-state index is 0.208. The molecule has 8 heteroatoms. The summed E-state index contributed by atoms with van der Waals surface area (Å²) in [5.41, 5.74) is 1.85. The van der Waals surface area contributed by atoms with Crippen molar-refractivity contribution in [1.82, 2.24) is 9.71 Å². The molecule has 4 nitrogen and oxygen atoms in total. The summed E-state index contributed by atoms with van der Waals surface area (Å²) in [5, 5.41) is 2.65. The number of aryl methyl sites for hydroxylation is 2. The maximum Gasteiger partial charge on any atom is 0.242 e. The first-order valence-electron chi connectivity index (χ1n) is 6.10. The third kappa shape index (κ3) is 3.92. The van der Waals surface area contributed by atoms with Gasteiger partial charge in [0.1, 0.15) is 5.01 Å². The number of halogens is 2. The van der Waals surface area contributed by atoms with Crippen molar-refractivity contribution in [3.05, 3.63) is 42.7 Å². The molecule has 1 atom stereocenters. The molecule has 2 rings (SSSR count). The second kappa shape index (κ2) is 6.45. The number of benzene rings is 1. The molecule has 114 valence electrons. The molecule has 1 unspecified atom stereocenters. The van der Waals surface area contributed by atoms with Crippen molar-refractivity contribution in [2.45, 2.75) is 31.7 Å². The van der Waals surface area contributed by atoms with Gasteiger partial charge in [0.2, 0.25) is 10.0 Å². The molecule has 0 aliphatic heterocycles. The zero-order valence-electron chi connectivity index (χ0n) is 11.6. The van der Waals surface area contributed by atoms with E-state index in [0.717, 1.165) is 20.7 Å². The minimum atomic E-state index is -3.63. The zero-order valence-corrected chi connectivity index (χ0v) is 16.5. The van der Waals surface area contributed by atoms with Crippen LogP contribution in [0.25, 0.3) is 0 Å². The van der Waals surface area contributed by atoms with E-state index in [1.165, 1.54) is 11.3 Å². The van der Waals surface area contributed by atoms with Crippen LogP contribution in [0.5, 0.6) is 0 Å². The van der Waals surface area contributed by atoms with E-state index in [1.807, 2.05) is 19.2 Å². The largest absolute Gasteiger partial charge is 0.245 e. The van der Waals surface area contributed by atoms with E-state index in [9.17, 15) is 8.42 Å². The van der Waals surface area contributed by atoms with E-state index >= 15 is 0 Å². The van der Waals surface area contributed by atoms with Crippen LogP contribution in [0.4, 0.5) is 0 Å². The molecule has 1 aromatic carbocycles. The van der Waals surface area contributed by atoms with Crippen LogP contribution in [0.2, 0.25) is 0 Å². The van der Waals surface area contributed by atoms with Gasteiger partial charge in [-0.25, -0.2) is 18.1 Å². The Hall–Kier alpha value is -0.280. The smallest absolute Gasteiger partial charge is 0.242 e. The number of hydrogen-bond acceptors (Lipinski definition) is 4. The lowest BCUT2D eigenvalue weighted by Gasteiger charge is -2.14. The molecule has 1 heterocycles. The summed E-state index contributed by atoms with van der Waals surface area (Å²) >= 11 is 8.12. The number of sulfonamides is 1.